The van der Waals surface area contributed by atoms with E-state index >= 15 is 0 Å². The molecule has 8 heteroatoms. The third-order valence-corrected chi connectivity index (χ3v) is 3.70. The van der Waals surface area contributed by atoms with E-state index in [1.807, 2.05) is 28.8 Å². The van der Waals surface area contributed by atoms with Gasteiger partial charge in [0.05, 0.1) is 22.9 Å². The van der Waals surface area contributed by atoms with E-state index in [1.165, 1.54) is 0 Å². The molecule has 2 aromatic heterocycles. The Morgan fingerprint density at radius 1 is 1.12 bits per heavy atom. The molecule has 3 rings (SSSR count). The smallest absolute Gasteiger partial charge is 0.352 e. The molecule has 1 N–H and O–H groups in total. The Labute approximate surface area is 141 Å². The molecular weight excluding hydrogens is 333 g/mol. The Hall–Kier alpha value is -2.90. The lowest BCUT2D eigenvalue weighted by molar-refractivity contribution is -0.141. The molecule has 0 bridgehead atoms. The van der Waals surface area contributed by atoms with Gasteiger partial charge in [-0.05, 0) is 30.7 Å². The minimum absolute atomic E-state index is 0.0982. The van der Waals surface area contributed by atoms with Crippen LogP contribution in [0.1, 0.15) is 22.5 Å². The van der Waals surface area contributed by atoms with Gasteiger partial charge in [-0.1, -0.05) is 12.1 Å². The lowest BCUT2D eigenvalue weighted by Gasteiger charge is -2.08. The van der Waals surface area contributed by atoms with Gasteiger partial charge in [-0.2, -0.15) is 13.2 Å². The summed E-state index contributed by atoms with van der Waals surface area (Å²) in [6.07, 6.45) is -1.17. The lowest BCUT2D eigenvalue weighted by Crippen LogP contribution is -2.25. The van der Waals surface area contributed by atoms with Gasteiger partial charge in [-0.15, -0.1) is 0 Å². The van der Waals surface area contributed by atoms with E-state index in [4.69, 9.17) is 0 Å². The maximum atomic E-state index is 12.4. The highest BCUT2D eigenvalue weighted by atomic mass is 19.4. The monoisotopic (exact) mass is 348 g/mol. The number of nitrogens with one attached hydrogen (secondary N) is 1. The highest BCUT2D eigenvalue weighted by Gasteiger charge is 2.32. The molecular formula is C17H15F3N4O. The molecule has 0 radical (unpaired) electrons. The number of benzene rings is 1. The Morgan fingerprint density at radius 2 is 1.92 bits per heavy atom. The minimum Gasteiger partial charge on any atom is -0.352 e. The Kier molecular flexibility index (Phi) is 4.69. The van der Waals surface area contributed by atoms with E-state index in [9.17, 15) is 18.0 Å². The molecule has 5 nitrogen and oxygen atoms in total. The lowest BCUT2D eigenvalue weighted by atomic mass is 10.2. The van der Waals surface area contributed by atoms with E-state index in [0.29, 0.717) is 19.5 Å². The largest absolute Gasteiger partial charge is 0.433 e. The zero-order valence-corrected chi connectivity index (χ0v) is 13.1. The standard InChI is InChI=1S/C17H15F3N4O/c18-17(19,20)15-7-6-12(10-22-15)16(25)21-8-3-9-24-11-23-13-4-1-2-5-14(13)24/h1-2,4-7,10-11H,3,8-9H2,(H,21,25). The summed E-state index contributed by atoms with van der Waals surface area (Å²) in [5.74, 6) is -0.447. The van der Waals surface area contributed by atoms with Crippen LogP contribution in [0.3, 0.4) is 0 Å². The highest BCUT2D eigenvalue weighted by molar-refractivity contribution is 5.93. The van der Waals surface area contributed by atoms with Crippen LogP contribution in [0.15, 0.2) is 48.9 Å². The number of para-hydroxylation sites is 2. The molecule has 0 aliphatic carbocycles. The van der Waals surface area contributed by atoms with Gasteiger partial charge in [0.2, 0.25) is 0 Å². The van der Waals surface area contributed by atoms with Crippen molar-refractivity contribution in [2.45, 2.75) is 19.1 Å². The molecule has 0 saturated carbocycles. The molecule has 2 heterocycles. The Balaban J connectivity index is 1.51. The summed E-state index contributed by atoms with van der Waals surface area (Å²) in [4.78, 5) is 19.5. The second-order valence-electron chi connectivity index (χ2n) is 5.47. The van der Waals surface area contributed by atoms with Crippen LogP contribution in [-0.4, -0.2) is 27.0 Å². The van der Waals surface area contributed by atoms with Gasteiger partial charge in [0, 0.05) is 19.3 Å². The van der Waals surface area contributed by atoms with Crippen LogP contribution in [-0.2, 0) is 12.7 Å². The summed E-state index contributed by atoms with van der Waals surface area (Å²) >= 11 is 0. The molecule has 0 saturated heterocycles. The Morgan fingerprint density at radius 3 is 2.64 bits per heavy atom. The fourth-order valence-electron chi connectivity index (χ4n) is 2.44. The molecule has 25 heavy (non-hydrogen) atoms. The number of fused-ring (bicyclic) bond motifs is 1. The third-order valence-electron chi connectivity index (χ3n) is 3.70. The van der Waals surface area contributed by atoms with Gasteiger partial charge >= 0.3 is 6.18 Å². The van der Waals surface area contributed by atoms with Crippen LogP contribution in [0.2, 0.25) is 0 Å². The number of rotatable bonds is 5. The maximum Gasteiger partial charge on any atom is 0.433 e. The van der Waals surface area contributed by atoms with Gasteiger partial charge in [0.1, 0.15) is 5.69 Å². The quantitative estimate of drug-likeness (QED) is 0.720. The number of aryl methyl sites for hydroxylation is 1. The summed E-state index contributed by atoms with van der Waals surface area (Å²) in [5.41, 5.74) is 1.00. The predicted molar refractivity (Wildman–Crippen MR) is 85.9 cm³/mol. The van der Waals surface area contributed by atoms with Crippen LogP contribution in [0, 0.1) is 0 Å². The van der Waals surface area contributed by atoms with E-state index in [2.05, 4.69) is 15.3 Å². The number of aromatic nitrogens is 3. The molecule has 0 unspecified atom stereocenters. The second-order valence-corrected chi connectivity index (χ2v) is 5.47. The van der Waals surface area contributed by atoms with E-state index < -0.39 is 17.8 Å². The fraction of sp³-hybridized carbons (Fsp3) is 0.235. The third kappa shape index (κ3) is 3.96. The van der Waals surface area contributed by atoms with Gasteiger partial charge < -0.3 is 9.88 Å². The van der Waals surface area contributed by atoms with Crippen LogP contribution in [0.5, 0.6) is 0 Å². The number of hydrogen-bond acceptors (Lipinski definition) is 3. The first-order valence-electron chi connectivity index (χ1n) is 7.66. The van der Waals surface area contributed by atoms with Crippen molar-refractivity contribution in [2.75, 3.05) is 6.54 Å². The summed E-state index contributed by atoms with van der Waals surface area (Å²) in [6.45, 7) is 1.07. The minimum atomic E-state index is -4.51. The number of nitrogens with zero attached hydrogens (tertiary/aromatic N) is 3. The van der Waals surface area contributed by atoms with Gasteiger partial charge in [-0.3, -0.25) is 9.78 Å². The predicted octanol–water partition coefficient (Wildman–Crippen LogP) is 3.27. The topological polar surface area (TPSA) is 59.8 Å². The summed E-state index contributed by atoms with van der Waals surface area (Å²) in [6, 6.07) is 9.65. The summed E-state index contributed by atoms with van der Waals surface area (Å²) < 4.78 is 39.3. The second kappa shape index (κ2) is 6.92. The first-order chi connectivity index (χ1) is 11.9. The fourth-order valence-corrected chi connectivity index (χ4v) is 2.44. The van der Waals surface area contributed by atoms with Gasteiger partial charge in [-0.25, -0.2) is 4.98 Å². The summed E-state index contributed by atoms with van der Waals surface area (Å²) in [7, 11) is 0. The molecule has 130 valence electrons. The van der Waals surface area contributed by atoms with Crippen LogP contribution in [0.25, 0.3) is 11.0 Å². The number of carbonyl (C=O) groups excluding carboxylic acids is 1. The first kappa shape index (κ1) is 16.9. The number of amides is 1. The molecule has 0 aliphatic heterocycles. The van der Waals surface area contributed by atoms with Crippen molar-refractivity contribution in [1.82, 2.24) is 19.9 Å². The van der Waals surface area contributed by atoms with Crippen LogP contribution >= 0.6 is 0 Å². The van der Waals surface area contributed by atoms with Gasteiger partial charge in [0.15, 0.2) is 0 Å². The van der Waals surface area contributed by atoms with Crippen molar-refractivity contribution >= 4 is 16.9 Å². The molecule has 1 aromatic carbocycles. The molecule has 0 aliphatic rings. The number of alkyl halides is 3. The number of carbonyl (C=O) groups is 1. The van der Waals surface area contributed by atoms with E-state index in [-0.39, 0.29) is 5.56 Å². The van der Waals surface area contributed by atoms with E-state index in [0.717, 1.165) is 29.4 Å². The van der Waals surface area contributed by atoms with Crippen LogP contribution < -0.4 is 5.32 Å². The summed E-state index contributed by atoms with van der Waals surface area (Å²) in [5, 5.41) is 2.67. The van der Waals surface area contributed by atoms with Crippen molar-refractivity contribution < 1.29 is 18.0 Å². The average Bonchev–Trinajstić information content (AvgIpc) is 3.01. The van der Waals surface area contributed by atoms with E-state index in [1.54, 1.807) is 6.33 Å². The number of halogens is 3. The van der Waals surface area contributed by atoms with Crippen molar-refractivity contribution in [2.24, 2.45) is 0 Å². The van der Waals surface area contributed by atoms with Gasteiger partial charge in [0.25, 0.3) is 5.91 Å². The zero-order valence-electron chi connectivity index (χ0n) is 13.1. The van der Waals surface area contributed by atoms with Crippen molar-refractivity contribution in [3.63, 3.8) is 0 Å². The highest BCUT2D eigenvalue weighted by Crippen LogP contribution is 2.27. The van der Waals surface area contributed by atoms with Crippen molar-refractivity contribution in [3.05, 3.63) is 60.2 Å². The molecule has 0 fully saturated rings. The SMILES string of the molecule is O=C(NCCCn1cnc2ccccc21)c1ccc(C(F)(F)F)nc1. The number of pyridine rings is 1. The molecule has 0 atom stereocenters. The molecule has 1 amide bonds. The number of imidazole rings is 1. The zero-order chi connectivity index (χ0) is 17.9. The maximum absolute atomic E-state index is 12.4. The number of hydrogen-bond donors (Lipinski definition) is 1. The molecule has 0 spiro atoms. The van der Waals surface area contributed by atoms with Crippen molar-refractivity contribution in [3.8, 4) is 0 Å². The van der Waals surface area contributed by atoms with Crippen LogP contribution in [0.4, 0.5) is 13.2 Å². The molecule has 3 aromatic rings. The average molecular weight is 348 g/mol. The Bertz CT molecular complexity index is 871. The first-order valence-corrected chi connectivity index (χ1v) is 7.66. The normalized spacial score (nSPS) is 11.6. The van der Waals surface area contributed by atoms with Crippen molar-refractivity contribution in [1.29, 1.82) is 0 Å².